The molecule has 0 aromatic heterocycles. The van der Waals surface area contributed by atoms with E-state index in [1.807, 2.05) is 38.1 Å². The standard InChI is InChI=1S/C33H48N4O4/c1-7-8-14-36(6)15-16-37-29(31(39)35-25-11-9-10-22(4)23(25)5)33-13-12-26(41-33)27(28(33)32(37)40)30(38)34-24-18-20(2)17-21(3)19-24/h12-13,17-19,22-23,25-29H,7-11,14-16H2,1-6H3,(H,34,38)(H,35,39)/t22-,23-,25-,26+,27-,28+,29+,33+/m1/s1. The summed E-state index contributed by atoms with van der Waals surface area (Å²) < 4.78 is 6.54. The topological polar surface area (TPSA) is 91.0 Å². The van der Waals surface area contributed by atoms with Gasteiger partial charge in [0.05, 0.1) is 17.9 Å². The lowest BCUT2D eigenvalue weighted by atomic mass is 9.73. The van der Waals surface area contributed by atoms with Crippen molar-refractivity contribution < 1.29 is 19.1 Å². The van der Waals surface area contributed by atoms with Crippen molar-refractivity contribution >= 4 is 23.4 Å². The van der Waals surface area contributed by atoms with Crippen LogP contribution in [0.25, 0.3) is 0 Å². The molecule has 3 heterocycles. The molecule has 8 atom stereocenters. The lowest BCUT2D eigenvalue weighted by Crippen LogP contribution is -2.58. The number of amides is 3. The van der Waals surface area contributed by atoms with Crippen LogP contribution < -0.4 is 10.6 Å². The molecule has 8 nitrogen and oxygen atoms in total. The molecule has 8 heteroatoms. The fourth-order valence-corrected chi connectivity index (χ4v) is 7.65. The van der Waals surface area contributed by atoms with Crippen LogP contribution in [0.5, 0.6) is 0 Å². The van der Waals surface area contributed by atoms with Gasteiger partial charge in [-0.2, -0.15) is 0 Å². The Labute approximate surface area is 245 Å². The van der Waals surface area contributed by atoms with Gasteiger partial charge < -0.3 is 25.2 Å². The van der Waals surface area contributed by atoms with E-state index in [-0.39, 0.29) is 23.8 Å². The summed E-state index contributed by atoms with van der Waals surface area (Å²) in [7, 11) is 2.05. The molecular weight excluding hydrogens is 516 g/mol. The van der Waals surface area contributed by atoms with Gasteiger partial charge in [0.1, 0.15) is 11.6 Å². The Hall–Kier alpha value is -2.71. The van der Waals surface area contributed by atoms with E-state index in [2.05, 4.69) is 49.4 Å². The van der Waals surface area contributed by atoms with Gasteiger partial charge in [-0.25, -0.2) is 0 Å². The predicted molar refractivity (Wildman–Crippen MR) is 160 cm³/mol. The van der Waals surface area contributed by atoms with Gasteiger partial charge in [0.2, 0.25) is 17.7 Å². The van der Waals surface area contributed by atoms with Crippen LogP contribution in [0.2, 0.25) is 0 Å². The number of unbranched alkanes of at least 4 members (excludes halogenated alkanes) is 1. The molecule has 1 saturated carbocycles. The van der Waals surface area contributed by atoms with Gasteiger partial charge in [0.15, 0.2) is 0 Å². The number of benzene rings is 1. The zero-order valence-electron chi connectivity index (χ0n) is 25.6. The Morgan fingerprint density at radius 3 is 2.54 bits per heavy atom. The SMILES string of the molecule is CCCCN(C)CCN1C(=O)[C@@H]2[C@H](C(=O)Nc3cc(C)cc(C)c3)[C@@H]3C=C[C@@]2(O3)[C@@H]1C(=O)N[C@@H]1CCC[C@@H](C)[C@H]1C. The number of hydrogen-bond acceptors (Lipinski definition) is 5. The number of fused-ring (bicyclic) bond motifs is 1. The maximum absolute atomic E-state index is 14.2. The molecule has 0 radical (unpaired) electrons. The average Bonchev–Trinajstić information content (AvgIpc) is 3.55. The van der Waals surface area contributed by atoms with E-state index in [1.54, 1.807) is 4.90 Å². The number of rotatable bonds is 10. The number of ether oxygens (including phenoxy) is 1. The van der Waals surface area contributed by atoms with Crippen molar-refractivity contribution in [2.24, 2.45) is 23.7 Å². The van der Waals surface area contributed by atoms with Crippen molar-refractivity contribution in [2.75, 3.05) is 32.0 Å². The van der Waals surface area contributed by atoms with Gasteiger partial charge in [0.25, 0.3) is 0 Å². The number of aryl methyl sites for hydroxylation is 2. The molecule has 2 saturated heterocycles. The number of carbonyl (C=O) groups excluding carboxylic acids is 3. The van der Waals surface area contributed by atoms with E-state index in [4.69, 9.17) is 4.74 Å². The highest BCUT2D eigenvalue weighted by molar-refractivity contribution is 6.02. The van der Waals surface area contributed by atoms with Crippen molar-refractivity contribution in [2.45, 2.75) is 90.5 Å². The highest BCUT2D eigenvalue weighted by Crippen LogP contribution is 2.55. The molecule has 0 unspecified atom stereocenters. The van der Waals surface area contributed by atoms with E-state index in [9.17, 15) is 14.4 Å². The molecule has 5 rings (SSSR count). The summed E-state index contributed by atoms with van der Waals surface area (Å²) in [6, 6.07) is 5.19. The molecule has 41 heavy (non-hydrogen) atoms. The van der Waals surface area contributed by atoms with Crippen molar-refractivity contribution in [1.82, 2.24) is 15.1 Å². The minimum atomic E-state index is -1.14. The normalized spacial score (nSPS) is 33.9. The minimum absolute atomic E-state index is 0.0668. The Kier molecular flexibility index (Phi) is 8.63. The zero-order valence-corrected chi connectivity index (χ0v) is 25.6. The van der Waals surface area contributed by atoms with E-state index in [0.29, 0.717) is 30.6 Å². The van der Waals surface area contributed by atoms with Gasteiger partial charge in [-0.05, 0) is 75.4 Å². The maximum atomic E-state index is 14.2. The Morgan fingerprint density at radius 2 is 1.83 bits per heavy atom. The fourth-order valence-electron chi connectivity index (χ4n) is 7.65. The van der Waals surface area contributed by atoms with Gasteiger partial charge in [-0.15, -0.1) is 0 Å². The highest BCUT2D eigenvalue weighted by atomic mass is 16.5. The molecule has 1 aromatic carbocycles. The largest absolute Gasteiger partial charge is 0.359 e. The van der Waals surface area contributed by atoms with Crippen LogP contribution in [0.1, 0.15) is 64.0 Å². The highest BCUT2D eigenvalue weighted by Gasteiger charge is 2.72. The lowest BCUT2D eigenvalue weighted by molar-refractivity contribution is -0.141. The first-order valence-corrected chi connectivity index (χ1v) is 15.6. The molecule has 2 N–H and O–H groups in total. The summed E-state index contributed by atoms with van der Waals surface area (Å²) in [5, 5.41) is 6.40. The summed E-state index contributed by atoms with van der Waals surface area (Å²) in [6.45, 7) is 12.6. The van der Waals surface area contributed by atoms with Crippen LogP contribution in [-0.2, 0) is 19.1 Å². The third kappa shape index (κ3) is 5.57. The molecule has 1 aliphatic carbocycles. The smallest absolute Gasteiger partial charge is 0.246 e. The molecule has 224 valence electrons. The van der Waals surface area contributed by atoms with Gasteiger partial charge >= 0.3 is 0 Å². The van der Waals surface area contributed by atoms with Crippen LogP contribution in [0.15, 0.2) is 30.4 Å². The zero-order chi connectivity index (χ0) is 29.5. The van der Waals surface area contributed by atoms with Crippen LogP contribution in [0.4, 0.5) is 5.69 Å². The Morgan fingerprint density at radius 1 is 1.10 bits per heavy atom. The van der Waals surface area contributed by atoms with Gasteiger partial charge in [0, 0.05) is 24.8 Å². The molecule has 2 bridgehead atoms. The van der Waals surface area contributed by atoms with Crippen LogP contribution >= 0.6 is 0 Å². The van der Waals surface area contributed by atoms with Crippen LogP contribution in [0.3, 0.4) is 0 Å². The van der Waals surface area contributed by atoms with Gasteiger partial charge in [-0.3, -0.25) is 14.4 Å². The third-order valence-corrected chi connectivity index (χ3v) is 10.1. The van der Waals surface area contributed by atoms with Crippen molar-refractivity contribution in [3.8, 4) is 0 Å². The molecule has 3 fully saturated rings. The van der Waals surface area contributed by atoms with E-state index < -0.39 is 29.6 Å². The Bertz CT molecular complexity index is 1180. The summed E-state index contributed by atoms with van der Waals surface area (Å²) in [4.78, 5) is 46.1. The van der Waals surface area contributed by atoms with Gasteiger partial charge in [-0.1, -0.05) is 58.3 Å². The minimum Gasteiger partial charge on any atom is -0.359 e. The lowest BCUT2D eigenvalue weighted by Gasteiger charge is -2.38. The fraction of sp³-hybridized carbons (Fsp3) is 0.667. The second-order valence-corrected chi connectivity index (χ2v) is 13.1. The Balaban J connectivity index is 1.42. The molecule has 4 aliphatic rings. The second-order valence-electron chi connectivity index (χ2n) is 13.1. The second kappa shape index (κ2) is 11.9. The third-order valence-electron chi connectivity index (χ3n) is 10.1. The van der Waals surface area contributed by atoms with Crippen molar-refractivity contribution in [1.29, 1.82) is 0 Å². The number of hydrogen-bond donors (Lipinski definition) is 2. The summed E-state index contributed by atoms with van der Waals surface area (Å²) >= 11 is 0. The number of nitrogens with zero attached hydrogens (tertiary/aromatic N) is 2. The first kappa shape index (κ1) is 29.8. The molecule has 3 amide bonds. The number of anilines is 1. The summed E-state index contributed by atoms with van der Waals surface area (Å²) in [6.07, 6.45) is 8.62. The van der Waals surface area contributed by atoms with E-state index >= 15 is 0 Å². The first-order valence-electron chi connectivity index (χ1n) is 15.6. The van der Waals surface area contributed by atoms with Crippen molar-refractivity contribution in [3.63, 3.8) is 0 Å². The summed E-state index contributed by atoms with van der Waals surface area (Å²) in [5.41, 5.74) is 1.68. The quantitative estimate of drug-likeness (QED) is 0.418. The first-order chi connectivity index (χ1) is 19.6. The van der Waals surface area contributed by atoms with Crippen LogP contribution in [-0.4, -0.2) is 78.0 Å². The monoisotopic (exact) mass is 564 g/mol. The number of nitrogens with one attached hydrogen (secondary N) is 2. The number of carbonyl (C=O) groups is 3. The molecular formula is C33H48N4O4. The summed E-state index contributed by atoms with van der Waals surface area (Å²) in [5.74, 6) is -1.09. The van der Waals surface area contributed by atoms with E-state index in [0.717, 1.165) is 43.4 Å². The maximum Gasteiger partial charge on any atom is 0.246 e. The molecule has 1 spiro atoms. The predicted octanol–water partition coefficient (Wildman–Crippen LogP) is 4.07. The number of likely N-dealkylation sites (N-methyl/N-ethyl adjacent to an activating group) is 1. The van der Waals surface area contributed by atoms with Crippen molar-refractivity contribution in [3.05, 3.63) is 41.5 Å². The number of likely N-dealkylation sites (tertiary alicyclic amines) is 1. The average molecular weight is 565 g/mol. The van der Waals surface area contributed by atoms with E-state index in [1.165, 1.54) is 6.42 Å². The molecule has 1 aromatic rings. The van der Waals surface area contributed by atoms with Crippen LogP contribution in [0, 0.1) is 37.5 Å². The molecule has 3 aliphatic heterocycles.